The molecule has 4 nitrogen and oxygen atoms in total. The first-order valence-electron chi connectivity index (χ1n) is 9.96. The Morgan fingerprint density at radius 1 is 0.769 bits per heavy atom. The Bertz CT molecular complexity index is 427. The number of carbonyl (C=O) groups is 2. The number of rotatable bonds is 11. The van der Waals surface area contributed by atoms with Gasteiger partial charge in [0, 0.05) is 16.1 Å². The molecule has 0 radical (unpaired) electrons. The molecule has 0 fully saturated rings. The highest BCUT2D eigenvalue weighted by molar-refractivity contribution is 6.76. The van der Waals surface area contributed by atoms with Gasteiger partial charge in [-0.1, -0.05) is 67.0 Å². The van der Waals surface area contributed by atoms with Gasteiger partial charge in [-0.05, 0) is 30.3 Å². The topological polar surface area (TPSA) is 52.6 Å². The molecule has 0 saturated heterocycles. The van der Waals surface area contributed by atoms with E-state index in [9.17, 15) is 9.59 Å². The van der Waals surface area contributed by atoms with E-state index in [2.05, 4.69) is 39.3 Å². The van der Waals surface area contributed by atoms with Crippen molar-refractivity contribution in [3.05, 3.63) is 0 Å². The zero-order chi connectivity index (χ0) is 20.8. The van der Waals surface area contributed by atoms with Crippen LogP contribution < -0.4 is 0 Å². The van der Waals surface area contributed by atoms with Crippen LogP contribution in [-0.4, -0.2) is 41.3 Å². The van der Waals surface area contributed by atoms with Gasteiger partial charge in [-0.15, -0.1) is 0 Å². The van der Waals surface area contributed by atoms with E-state index in [1.54, 1.807) is 0 Å². The molecule has 0 unspecified atom stereocenters. The monoisotopic (exact) mass is 402 g/mol. The first-order chi connectivity index (χ1) is 11.6. The quantitative estimate of drug-likeness (QED) is 0.262. The molecule has 0 amide bonds. The fourth-order valence-electron chi connectivity index (χ4n) is 2.76. The van der Waals surface area contributed by atoms with Crippen LogP contribution in [0.15, 0.2) is 0 Å². The number of hydrogen-bond donors (Lipinski definition) is 0. The summed E-state index contributed by atoms with van der Waals surface area (Å²) in [5, 5.41) is 0. The Morgan fingerprint density at radius 3 is 1.35 bits per heavy atom. The van der Waals surface area contributed by atoms with Crippen molar-refractivity contribution < 1.29 is 19.1 Å². The summed E-state index contributed by atoms with van der Waals surface area (Å²) >= 11 is 0. The standard InChI is InChI=1S/C20H42O4Si2/c1-16(2)15-20(17(3)4,18(21)23-11-13-25(5,6)7)19(22)24-12-14-26(8,9)10/h16-17H,11-15H2,1-10H3. The normalized spacial score (nSPS) is 13.2. The number of hydrogen-bond acceptors (Lipinski definition) is 4. The first-order valence-corrected chi connectivity index (χ1v) is 17.4. The van der Waals surface area contributed by atoms with Crippen LogP contribution in [0.4, 0.5) is 0 Å². The van der Waals surface area contributed by atoms with Gasteiger partial charge in [-0.3, -0.25) is 9.59 Å². The Hall–Kier alpha value is -0.626. The van der Waals surface area contributed by atoms with Crippen LogP contribution in [0.5, 0.6) is 0 Å². The second kappa shape index (κ2) is 10.1. The van der Waals surface area contributed by atoms with Crippen LogP contribution in [0.2, 0.25) is 51.4 Å². The summed E-state index contributed by atoms with van der Waals surface area (Å²) in [6.45, 7) is 22.2. The molecular weight excluding hydrogens is 360 g/mol. The van der Waals surface area contributed by atoms with Gasteiger partial charge in [0.05, 0.1) is 13.2 Å². The maximum atomic E-state index is 13.0. The van der Waals surface area contributed by atoms with Crippen LogP contribution in [0.1, 0.15) is 34.1 Å². The maximum absolute atomic E-state index is 13.0. The van der Waals surface area contributed by atoms with Gasteiger partial charge in [-0.2, -0.15) is 0 Å². The molecule has 0 aliphatic carbocycles. The molecule has 0 spiro atoms. The molecule has 154 valence electrons. The van der Waals surface area contributed by atoms with Crippen LogP contribution in [0.3, 0.4) is 0 Å². The Labute approximate surface area is 163 Å². The summed E-state index contributed by atoms with van der Waals surface area (Å²) in [5.41, 5.74) is -1.20. The summed E-state index contributed by atoms with van der Waals surface area (Å²) in [6, 6.07) is 1.80. The molecule has 0 aromatic heterocycles. The largest absolute Gasteiger partial charge is 0.465 e. The highest BCUT2D eigenvalue weighted by Crippen LogP contribution is 2.38. The van der Waals surface area contributed by atoms with E-state index < -0.39 is 33.5 Å². The van der Waals surface area contributed by atoms with Crippen molar-refractivity contribution in [2.75, 3.05) is 13.2 Å². The third-order valence-corrected chi connectivity index (χ3v) is 8.02. The lowest BCUT2D eigenvalue weighted by Crippen LogP contribution is -2.47. The van der Waals surface area contributed by atoms with Gasteiger partial charge < -0.3 is 9.47 Å². The van der Waals surface area contributed by atoms with E-state index in [-0.39, 0.29) is 11.8 Å². The van der Waals surface area contributed by atoms with Crippen molar-refractivity contribution in [2.24, 2.45) is 17.3 Å². The minimum absolute atomic E-state index is 0.163. The lowest BCUT2D eigenvalue weighted by molar-refractivity contribution is -0.177. The minimum Gasteiger partial charge on any atom is -0.465 e. The second-order valence-corrected chi connectivity index (χ2v) is 21.9. The maximum Gasteiger partial charge on any atom is 0.323 e. The third kappa shape index (κ3) is 8.84. The minimum atomic E-state index is -1.30. The molecule has 0 saturated carbocycles. The van der Waals surface area contributed by atoms with Gasteiger partial charge in [0.1, 0.15) is 0 Å². The Balaban J connectivity index is 5.32. The smallest absolute Gasteiger partial charge is 0.323 e. The van der Waals surface area contributed by atoms with E-state index in [0.717, 1.165) is 12.1 Å². The van der Waals surface area contributed by atoms with Gasteiger partial charge in [0.25, 0.3) is 0 Å². The first kappa shape index (κ1) is 25.4. The fraction of sp³-hybridized carbons (Fsp3) is 0.900. The summed E-state index contributed by atoms with van der Waals surface area (Å²) in [7, 11) is -2.60. The summed E-state index contributed by atoms with van der Waals surface area (Å²) in [6.07, 6.45) is 0.461. The predicted octanol–water partition coefficient (Wildman–Crippen LogP) is 5.44. The molecule has 0 aliphatic rings. The van der Waals surface area contributed by atoms with Crippen LogP contribution >= 0.6 is 0 Å². The van der Waals surface area contributed by atoms with Crippen LogP contribution in [0, 0.1) is 17.3 Å². The summed E-state index contributed by atoms with van der Waals surface area (Å²) in [5.74, 6) is -0.773. The molecule has 0 aliphatic heterocycles. The molecule has 0 atom stereocenters. The number of esters is 2. The van der Waals surface area contributed by atoms with E-state index in [0.29, 0.717) is 19.6 Å². The zero-order valence-corrected chi connectivity index (χ0v) is 20.8. The molecule has 6 heteroatoms. The second-order valence-electron chi connectivity index (χ2n) is 10.6. The number of ether oxygens (including phenoxy) is 2. The van der Waals surface area contributed by atoms with E-state index in [4.69, 9.17) is 9.47 Å². The summed E-state index contributed by atoms with van der Waals surface area (Å²) < 4.78 is 11.2. The van der Waals surface area contributed by atoms with Crippen molar-refractivity contribution in [2.45, 2.75) is 85.5 Å². The lowest BCUT2D eigenvalue weighted by atomic mass is 9.71. The molecule has 0 aromatic rings. The van der Waals surface area contributed by atoms with Crippen molar-refractivity contribution >= 4 is 28.1 Å². The van der Waals surface area contributed by atoms with E-state index in [1.165, 1.54) is 0 Å². The lowest BCUT2D eigenvalue weighted by Gasteiger charge is -2.34. The molecule has 0 N–H and O–H groups in total. The molecule has 0 heterocycles. The van der Waals surface area contributed by atoms with Gasteiger partial charge in [0.2, 0.25) is 0 Å². The molecule has 0 bridgehead atoms. The third-order valence-electron chi connectivity index (χ3n) is 4.61. The van der Waals surface area contributed by atoms with Crippen LogP contribution in [0.25, 0.3) is 0 Å². The van der Waals surface area contributed by atoms with Crippen molar-refractivity contribution in [3.63, 3.8) is 0 Å². The van der Waals surface area contributed by atoms with Gasteiger partial charge in [0.15, 0.2) is 5.41 Å². The van der Waals surface area contributed by atoms with E-state index >= 15 is 0 Å². The van der Waals surface area contributed by atoms with Crippen molar-refractivity contribution in [1.29, 1.82) is 0 Å². The van der Waals surface area contributed by atoms with Crippen molar-refractivity contribution in [1.82, 2.24) is 0 Å². The average molecular weight is 403 g/mol. The Kier molecular flexibility index (Phi) is 9.82. The SMILES string of the molecule is CC(C)CC(C(=O)OCC[Si](C)(C)C)(C(=O)OCC[Si](C)(C)C)C(C)C. The Morgan fingerprint density at radius 2 is 1.12 bits per heavy atom. The molecule has 0 aromatic carbocycles. The highest BCUT2D eigenvalue weighted by Gasteiger charge is 2.52. The average Bonchev–Trinajstić information content (AvgIpc) is 2.40. The van der Waals surface area contributed by atoms with Crippen LogP contribution in [-0.2, 0) is 19.1 Å². The molecule has 0 rings (SSSR count). The van der Waals surface area contributed by atoms with Gasteiger partial charge >= 0.3 is 11.9 Å². The fourth-order valence-corrected chi connectivity index (χ4v) is 4.19. The number of carbonyl (C=O) groups excluding carboxylic acids is 2. The van der Waals surface area contributed by atoms with Gasteiger partial charge in [-0.25, -0.2) is 0 Å². The zero-order valence-electron chi connectivity index (χ0n) is 18.8. The molecule has 26 heavy (non-hydrogen) atoms. The molecular formula is C20H42O4Si2. The van der Waals surface area contributed by atoms with Crippen molar-refractivity contribution in [3.8, 4) is 0 Å². The van der Waals surface area contributed by atoms with E-state index in [1.807, 2.05) is 27.7 Å². The summed E-state index contributed by atoms with van der Waals surface area (Å²) in [4.78, 5) is 26.1. The predicted molar refractivity (Wildman–Crippen MR) is 115 cm³/mol. The highest BCUT2D eigenvalue weighted by atomic mass is 28.3.